The summed E-state index contributed by atoms with van der Waals surface area (Å²) in [5.74, 6) is -0.650. The molecule has 0 bridgehead atoms. The minimum absolute atomic E-state index is 0.187. The number of anilines is 2. The number of carbonyl (C=O) groups excluding carboxylic acids is 3. The van der Waals surface area contributed by atoms with Crippen LogP contribution in [0.1, 0.15) is 6.92 Å². The van der Waals surface area contributed by atoms with E-state index in [4.69, 9.17) is 26.4 Å². The molecule has 1 N–H and O–H groups in total. The number of benzene rings is 1. The monoisotopic (exact) mass is 450 g/mol. The molecule has 31 heavy (non-hydrogen) atoms. The van der Waals surface area contributed by atoms with Crippen molar-refractivity contribution in [3.05, 3.63) is 24.3 Å². The molecule has 11 heteroatoms. The van der Waals surface area contributed by atoms with E-state index in [1.165, 1.54) is 14.0 Å². The Morgan fingerprint density at radius 1 is 1.16 bits per heavy atom. The second-order valence-corrected chi connectivity index (χ2v) is 7.52. The summed E-state index contributed by atoms with van der Waals surface area (Å²) >= 11 is 4.93. The van der Waals surface area contributed by atoms with Crippen LogP contribution >= 0.6 is 12.2 Å². The molecule has 1 aromatic rings. The zero-order chi connectivity index (χ0) is 22.4. The molecular formula is C20H26N4O6S. The third-order valence-electron chi connectivity index (χ3n) is 5.09. The Morgan fingerprint density at radius 3 is 2.42 bits per heavy atom. The predicted molar refractivity (Wildman–Crippen MR) is 117 cm³/mol. The minimum Gasteiger partial charge on any atom is -0.474 e. The summed E-state index contributed by atoms with van der Waals surface area (Å²) in [6, 6.07) is 7.66. The lowest BCUT2D eigenvalue weighted by Gasteiger charge is -2.36. The number of nitrogens with one attached hydrogen (secondary N) is 1. The van der Waals surface area contributed by atoms with Crippen molar-refractivity contribution >= 4 is 46.7 Å². The zero-order valence-corrected chi connectivity index (χ0v) is 18.4. The molecule has 2 heterocycles. The van der Waals surface area contributed by atoms with E-state index in [0.29, 0.717) is 39.3 Å². The molecule has 0 saturated carbocycles. The summed E-state index contributed by atoms with van der Waals surface area (Å²) in [5, 5.41) is 3.15. The molecule has 0 aromatic heterocycles. The first-order valence-corrected chi connectivity index (χ1v) is 10.3. The Bertz CT molecular complexity index is 825. The molecule has 1 aromatic carbocycles. The standard InChI is InChI=1S/C20H26N4O6S/c1-14(25)29-13-18(26)23-9-7-22(8-10-23)15-3-5-16(6-4-15)24-12-17(30-20(24)27)11-21-19(31)28-2/h3-6,17H,7-13H2,1-2H3,(H,21,31). The van der Waals surface area contributed by atoms with Crippen molar-refractivity contribution < 1.29 is 28.6 Å². The maximum atomic E-state index is 12.2. The first-order valence-electron chi connectivity index (χ1n) is 9.93. The van der Waals surface area contributed by atoms with Gasteiger partial charge in [-0.1, -0.05) is 0 Å². The van der Waals surface area contributed by atoms with Gasteiger partial charge in [0, 0.05) is 44.5 Å². The van der Waals surface area contributed by atoms with Gasteiger partial charge in [-0.25, -0.2) is 4.79 Å². The van der Waals surface area contributed by atoms with Crippen molar-refractivity contribution in [1.82, 2.24) is 10.2 Å². The van der Waals surface area contributed by atoms with Gasteiger partial charge in [-0.05, 0) is 36.5 Å². The van der Waals surface area contributed by atoms with E-state index in [9.17, 15) is 14.4 Å². The number of esters is 1. The first kappa shape index (κ1) is 22.6. The van der Waals surface area contributed by atoms with E-state index in [0.717, 1.165) is 11.4 Å². The van der Waals surface area contributed by atoms with Crippen LogP contribution in [0.25, 0.3) is 0 Å². The normalized spacial score (nSPS) is 18.5. The number of methoxy groups -OCH3 is 1. The highest BCUT2D eigenvalue weighted by molar-refractivity contribution is 7.80. The average molecular weight is 451 g/mol. The Balaban J connectivity index is 1.50. The zero-order valence-electron chi connectivity index (χ0n) is 17.5. The van der Waals surface area contributed by atoms with Crippen molar-refractivity contribution in [3.63, 3.8) is 0 Å². The van der Waals surface area contributed by atoms with Gasteiger partial charge in [0.15, 0.2) is 6.61 Å². The van der Waals surface area contributed by atoms with Crippen LogP contribution in [0.15, 0.2) is 24.3 Å². The van der Waals surface area contributed by atoms with Gasteiger partial charge < -0.3 is 29.3 Å². The lowest BCUT2D eigenvalue weighted by atomic mass is 10.2. The lowest BCUT2D eigenvalue weighted by molar-refractivity contribution is -0.150. The Labute approximate surface area is 186 Å². The van der Waals surface area contributed by atoms with E-state index >= 15 is 0 Å². The molecule has 1 unspecified atom stereocenters. The van der Waals surface area contributed by atoms with Crippen LogP contribution in [0.2, 0.25) is 0 Å². The second kappa shape index (κ2) is 10.3. The topological polar surface area (TPSA) is 101 Å². The summed E-state index contributed by atoms with van der Waals surface area (Å²) in [5.41, 5.74) is 1.76. The Morgan fingerprint density at radius 2 is 1.81 bits per heavy atom. The van der Waals surface area contributed by atoms with Crippen molar-refractivity contribution in [2.45, 2.75) is 13.0 Å². The van der Waals surface area contributed by atoms with Crippen LogP contribution in [-0.4, -0.2) is 87.1 Å². The van der Waals surface area contributed by atoms with Crippen LogP contribution in [0.5, 0.6) is 0 Å². The van der Waals surface area contributed by atoms with Crippen molar-refractivity contribution in [2.75, 3.05) is 62.8 Å². The van der Waals surface area contributed by atoms with Crippen LogP contribution in [0.3, 0.4) is 0 Å². The van der Waals surface area contributed by atoms with Gasteiger partial charge in [0.2, 0.25) is 0 Å². The molecule has 168 valence electrons. The SMILES string of the molecule is COC(=S)NCC1CN(c2ccc(N3CCN(C(=O)COC(C)=O)CC3)cc2)C(=O)O1. The van der Waals surface area contributed by atoms with E-state index in [1.807, 2.05) is 24.3 Å². The molecule has 0 aliphatic carbocycles. The van der Waals surface area contributed by atoms with E-state index in [1.54, 1.807) is 9.80 Å². The Kier molecular flexibility index (Phi) is 7.50. The smallest absolute Gasteiger partial charge is 0.414 e. The lowest BCUT2D eigenvalue weighted by Crippen LogP contribution is -2.49. The summed E-state index contributed by atoms with van der Waals surface area (Å²) in [7, 11) is 1.48. The second-order valence-electron chi connectivity index (χ2n) is 7.15. The molecule has 0 radical (unpaired) electrons. The number of amides is 2. The number of ether oxygens (including phenoxy) is 3. The van der Waals surface area contributed by atoms with E-state index in [-0.39, 0.29) is 23.8 Å². The quantitative estimate of drug-likeness (QED) is 0.497. The van der Waals surface area contributed by atoms with Gasteiger partial charge >= 0.3 is 12.1 Å². The third-order valence-corrected chi connectivity index (χ3v) is 5.40. The first-order chi connectivity index (χ1) is 14.9. The molecular weight excluding hydrogens is 424 g/mol. The molecule has 2 fully saturated rings. The number of nitrogens with zero attached hydrogens (tertiary/aromatic N) is 3. The van der Waals surface area contributed by atoms with Crippen LogP contribution in [0.4, 0.5) is 16.2 Å². The summed E-state index contributed by atoms with van der Waals surface area (Å²) in [6.07, 6.45) is -0.722. The van der Waals surface area contributed by atoms with Crippen LogP contribution in [-0.2, 0) is 23.8 Å². The highest BCUT2D eigenvalue weighted by Crippen LogP contribution is 2.25. The van der Waals surface area contributed by atoms with Crippen molar-refractivity contribution in [1.29, 1.82) is 0 Å². The minimum atomic E-state index is -0.463. The maximum absolute atomic E-state index is 12.2. The number of thiocarbonyl (C=S) groups is 1. The predicted octanol–water partition coefficient (Wildman–Crippen LogP) is 0.744. The molecule has 10 nitrogen and oxygen atoms in total. The van der Waals surface area contributed by atoms with Gasteiger partial charge in [0.25, 0.3) is 11.1 Å². The molecule has 2 aliphatic rings. The third kappa shape index (κ3) is 5.97. The number of hydrogen-bond donors (Lipinski definition) is 1. The fourth-order valence-corrected chi connectivity index (χ4v) is 3.50. The number of cyclic esters (lactones) is 1. The van der Waals surface area contributed by atoms with Gasteiger partial charge in [0.05, 0.1) is 20.2 Å². The molecule has 2 saturated heterocycles. The number of hydrogen-bond acceptors (Lipinski definition) is 8. The summed E-state index contributed by atoms with van der Waals surface area (Å²) < 4.78 is 15.0. The van der Waals surface area contributed by atoms with Crippen molar-refractivity contribution in [3.8, 4) is 0 Å². The van der Waals surface area contributed by atoms with E-state index in [2.05, 4.69) is 10.2 Å². The number of piperazine rings is 1. The molecule has 1 atom stereocenters. The average Bonchev–Trinajstić information content (AvgIpc) is 3.16. The van der Waals surface area contributed by atoms with Gasteiger partial charge in [-0.3, -0.25) is 14.5 Å². The highest BCUT2D eigenvalue weighted by atomic mass is 32.1. The van der Waals surface area contributed by atoms with E-state index < -0.39 is 12.1 Å². The fourth-order valence-electron chi connectivity index (χ4n) is 3.42. The highest BCUT2D eigenvalue weighted by Gasteiger charge is 2.32. The largest absolute Gasteiger partial charge is 0.474 e. The maximum Gasteiger partial charge on any atom is 0.414 e. The van der Waals surface area contributed by atoms with Crippen LogP contribution in [0, 0.1) is 0 Å². The molecule has 0 spiro atoms. The van der Waals surface area contributed by atoms with Gasteiger partial charge in [0.1, 0.15) is 6.10 Å². The molecule has 2 amide bonds. The van der Waals surface area contributed by atoms with Crippen molar-refractivity contribution in [2.24, 2.45) is 0 Å². The molecule has 2 aliphatic heterocycles. The Hall–Kier alpha value is -3.08. The van der Waals surface area contributed by atoms with Crippen LogP contribution < -0.4 is 15.1 Å². The summed E-state index contributed by atoms with van der Waals surface area (Å²) in [4.78, 5) is 40.6. The van der Waals surface area contributed by atoms with Gasteiger partial charge in [-0.2, -0.15) is 0 Å². The molecule has 3 rings (SSSR count). The summed E-state index contributed by atoms with van der Waals surface area (Å²) in [6.45, 7) is 4.31. The van der Waals surface area contributed by atoms with Gasteiger partial charge in [-0.15, -0.1) is 0 Å². The number of rotatable bonds is 6. The fraction of sp³-hybridized carbons (Fsp3) is 0.500. The number of carbonyl (C=O) groups is 3.